The Morgan fingerprint density at radius 3 is 2.42 bits per heavy atom. The van der Waals surface area contributed by atoms with Crippen molar-refractivity contribution in [2.45, 2.75) is 50.7 Å². The minimum atomic E-state index is -0.898. The Kier molecular flexibility index (Phi) is 14.2. The molecule has 13 nitrogen and oxygen atoms in total. The van der Waals surface area contributed by atoms with E-state index in [1.165, 1.54) is 12.1 Å². The van der Waals surface area contributed by atoms with Crippen LogP contribution in [0.1, 0.15) is 69.6 Å². The van der Waals surface area contributed by atoms with Crippen molar-refractivity contribution in [1.82, 2.24) is 25.4 Å². The first-order chi connectivity index (χ1) is 31.2. The molecule has 332 valence electrons. The van der Waals surface area contributed by atoms with Crippen molar-refractivity contribution in [3.63, 3.8) is 0 Å². The van der Waals surface area contributed by atoms with Crippen LogP contribution in [0.25, 0.3) is 10.9 Å². The number of nitrogens with zero attached hydrogens (tertiary/aromatic N) is 2. The molecule has 13 heteroatoms. The second kappa shape index (κ2) is 20.7. The van der Waals surface area contributed by atoms with E-state index < -0.39 is 18.2 Å². The van der Waals surface area contributed by atoms with E-state index in [0.717, 1.165) is 54.7 Å². The summed E-state index contributed by atoms with van der Waals surface area (Å²) in [5.74, 6) is 1.54. The second-order valence-electron chi connectivity index (χ2n) is 16.5. The summed E-state index contributed by atoms with van der Waals surface area (Å²) in [4.78, 5) is 46.1. The van der Waals surface area contributed by atoms with E-state index in [9.17, 15) is 24.6 Å². The predicted molar refractivity (Wildman–Crippen MR) is 244 cm³/mol. The fraction of sp³-hybridized carbons (Fsp3) is 0.314. The first-order valence-corrected chi connectivity index (χ1v) is 21.9. The zero-order chi connectivity index (χ0) is 44.4. The summed E-state index contributed by atoms with van der Waals surface area (Å²) in [6.45, 7) is 4.70. The van der Waals surface area contributed by atoms with E-state index >= 15 is 0 Å². The van der Waals surface area contributed by atoms with Gasteiger partial charge in [0.15, 0.2) is 0 Å². The highest BCUT2D eigenvalue weighted by molar-refractivity contribution is 5.94. The Labute approximate surface area is 372 Å². The van der Waals surface area contributed by atoms with Gasteiger partial charge in [-0.05, 0) is 110 Å². The van der Waals surface area contributed by atoms with Gasteiger partial charge < -0.3 is 44.9 Å². The molecule has 6 aromatic rings. The van der Waals surface area contributed by atoms with E-state index in [2.05, 4.69) is 20.5 Å². The Hall–Kier alpha value is -6.67. The molecule has 2 unspecified atom stereocenters. The maximum atomic E-state index is 14.1. The zero-order valence-electron chi connectivity index (χ0n) is 36.0. The van der Waals surface area contributed by atoms with E-state index in [-0.39, 0.29) is 42.0 Å². The number of aromatic amines is 1. The van der Waals surface area contributed by atoms with Gasteiger partial charge in [-0.25, -0.2) is 4.79 Å². The molecule has 3 fully saturated rings. The van der Waals surface area contributed by atoms with Gasteiger partial charge in [0.05, 0.1) is 24.8 Å². The molecule has 1 aromatic heterocycles. The number of carbonyl (C=O) groups excluding carboxylic acids is 2. The van der Waals surface area contributed by atoms with Crippen LogP contribution in [0, 0.1) is 5.92 Å². The number of pyridine rings is 1. The highest BCUT2D eigenvalue weighted by atomic mass is 16.6. The lowest BCUT2D eigenvalue weighted by molar-refractivity contribution is -0.0336. The maximum absolute atomic E-state index is 14.1. The number of piperidine rings is 3. The number of fused-ring (bicyclic) bond motifs is 4. The largest absolute Gasteiger partial charge is 0.506 e. The number of phenols is 1. The quantitative estimate of drug-likeness (QED) is 0.0564. The number of carbonyl (C=O) groups is 2. The number of para-hydroxylation sites is 1. The van der Waals surface area contributed by atoms with Crippen LogP contribution in [0.5, 0.6) is 17.2 Å². The lowest BCUT2D eigenvalue weighted by Gasteiger charge is -2.43. The number of H-pyrrole nitrogens is 1. The number of aromatic nitrogens is 1. The van der Waals surface area contributed by atoms with Gasteiger partial charge in [-0.1, -0.05) is 78.9 Å². The third kappa shape index (κ3) is 10.7. The van der Waals surface area contributed by atoms with Gasteiger partial charge in [0.2, 0.25) is 5.56 Å². The lowest BCUT2D eigenvalue weighted by Crippen LogP contribution is -2.52. The van der Waals surface area contributed by atoms with Crippen molar-refractivity contribution in [1.29, 1.82) is 0 Å². The maximum Gasteiger partial charge on any atom is 0.408 e. The predicted octanol–water partition coefficient (Wildman–Crippen LogP) is 7.09. The third-order valence-electron chi connectivity index (χ3n) is 12.3. The molecule has 5 aromatic carbocycles. The monoisotopic (exact) mass is 865 g/mol. The topological polar surface area (TPSA) is 166 Å². The van der Waals surface area contributed by atoms with Gasteiger partial charge in [0.25, 0.3) is 5.91 Å². The van der Waals surface area contributed by atoms with E-state index in [1.807, 2.05) is 103 Å². The molecular weight excluding hydrogens is 811 g/mol. The van der Waals surface area contributed by atoms with E-state index in [0.29, 0.717) is 60.0 Å². The number of aliphatic hydroxyl groups excluding tert-OH is 1. The average molecular weight is 866 g/mol. The van der Waals surface area contributed by atoms with Crippen LogP contribution in [0.4, 0.5) is 4.79 Å². The van der Waals surface area contributed by atoms with Gasteiger partial charge >= 0.3 is 6.09 Å². The molecule has 3 atom stereocenters. The minimum absolute atomic E-state index is 0.0668. The van der Waals surface area contributed by atoms with Crippen LogP contribution in [-0.2, 0) is 17.9 Å². The van der Waals surface area contributed by atoms with Crippen molar-refractivity contribution in [2.75, 3.05) is 46.4 Å². The highest BCUT2D eigenvalue weighted by Gasteiger charge is 2.37. The fourth-order valence-electron chi connectivity index (χ4n) is 8.80. The standard InChI is InChI=1S/C51H55N5O8/c1-62-45-14-6-5-11-39(45)31-56(26-8-25-52-30-44(58)41-19-21-43(57)49-42(41)20-22-47(59)53-49)50(60)37-17-15-34(16-18-37)33-63-40-13-7-12-38(29-40)48(36-9-3-2-4-10-36)54-51(61)64-46-32-55-27-23-35(46)24-28-55/h2-7,9-22,29,35,44,46,48,52,57-58H,8,23-28,30-33H2,1H3,(H,53,59)(H,54,61)/t44?,46?,48-/m0/s1. The molecule has 2 amide bonds. The van der Waals surface area contributed by atoms with Gasteiger partial charge in [-0.3, -0.25) is 14.5 Å². The number of hydrogen-bond donors (Lipinski definition) is 5. The van der Waals surface area contributed by atoms with Gasteiger partial charge in [0, 0.05) is 48.8 Å². The van der Waals surface area contributed by atoms with Crippen LogP contribution >= 0.6 is 0 Å². The molecule has 5 N–H and O–H groups in total. The molecular formula is C51H55N5O8. The molecule has 9 rings (SSSR count). The smallest absolute Gasteiger partial charge is 0.408 e. The molecule has 2 bridgehead atoms. The third-order valence-corrected chi connectivity index (χ3v) is 12.3. The number of aromatic hydroxyl groups is 1. The van der Waals surface area contributed by atoms with Crippen molar-refractivity contribution < 1.29 is 34.0 Å². The van der Waals surface area contributed by atoms with Gasteiger partial charge in [-0.2, -0.15) is 0 Å². The second-order valence-corrected chi connectivity index (χ2v) is 16.5. The summed E-state index contributed by atoms with van der Waals surface area (Å²) in [5.41, 5.74) is 4.60. The van der Waals surface area contributed by atoms with Gasteiger partial charge in [-0.15, -0.1) is 0 Å². The molecule has 0 spiro atoms. The number of nitrogens with one attached hydrogen (secondary N) is 3. The summed E-state index contributed by atoms with van der Waals surface area (Å²) in [6.07, 6.45) is 1.29. The molecule has 3 saturated heterocycles. The minimum Gasteiger partial charge on any atom is -0.506 e. The number of ether oxygens (including phenoxy) is 3. The van der Waals surface area contributed by atoms with Crippen LogP contribution in [-0.4, -0.2) is 89.5 Å². The van der Waals surface area contributed by atoms with Crippen LogP contribution in [0.3, 0.4) is 0 Å². The Morgan fingerprint density at radius 1 is 0.891 bits per heavy atom. The number of rotatable bonds is 18. The highest BCUT2D eigenvalue weighted by Crippen LogP contribution is 2.32. The molecule has 0 radical (unpaired) electrons. The number of alkyl carbamates (subject to hydrolysis) is 1. The SMILES string of the molecule is COc1ccccc1CN(CCCNCC(O)c1ccc(O)c2[nH]c(=O)ccc12)C(=O)c1ccc(COc2cccc([C@@H](NC(=O)OC3CN4CCC3CC4)c3ccccc3)c2)cc1. The summed E-state index contributed by atoms with van der Waals surface area (Å²) in [6, 6.07) is 38.2. The van der Waals surface area contributed by atoms with Crippen molar-refractivity contribution >= 4 is 22.9 Å². The molecule has 0 saturated carbocycles. The summed E-state index contributed by atoms with van der Waals surface area (Å²) < 4.78 is 17.9. The number of phenolic OH excluding ortho intramolecular Hbond substituents is 1. The van der Waals surface area contributed by atoms with Crippen LogP contribution in [0.15, 0.2) is 132 Å². The Bertz CT molecular complexity index is 2580. The molecule has 0 aliphatic carbocycles. The van der Waals surface area contributed by atoms with Crippen molar-refractivity contribution in [2.24, 2.45) is 5.92 Å². The normalized spacial score (nSPS) is 17.6. The molecule has 3 aliphatic rings. The number of methoxy groups -OCH3 is 1. The average Bonchev–Trinajstić information content (AvgIpc) is 3.33. The Morgan fingerprint density at radius 2 is 1.66 bits per heavy atom. The van der Waals surface area contributed by atoms with E-state index in [1.54, 1.807) is 24.1 Å². The summed E-state index contributed by atoms with van der Waals surface area (Å²) >= 11 is 0. The molecule has 4 heterocycles. The van der Waals surface area contributed by atoms with Crippen molar-refractivity contribution in [3.05, 3.63) is 171 Å². The van der Waals surface area contributed by atoms with Crippen molar-refractivity contribution in [3.8, 4) is 17.2 Å². The number of aliphatic hydroxyl groups is 1. The van der Waals surface area contributed by atoms with Crippen LogP contribution < -0.4 is 25.7 Å². The number of hydrogen-bond acceptors (Lipinski definition) is 10. The summed E-state index contributed by atoms with van der Waals surface area (Å²) in [7, 11) is 1.61. The zero-order valence-corrected chi connectivity index (χ0v) is 36.0. The number of amides is 2. The first kappa shape index (κ1) is 44.0. The fourth-order valence-corrected chi connectivity index (χ4v) is 8.80. The van der Waals surface area contributed by atoms with Crippen LogP contribution in [0.2, 0.25) is 0 Å². The Balaban J connectivity index is 0.888. The summed E-state index contributed by atoms with van der Waals surface area (Å²) in [5, 5.41) is 28.3. The first-order valence-electron chi connectivity index (χ1n) is 21.9. The lowest BCUT2D eigenvalue weighted by atomic mass is 9.86. The van der Waals surface area contributed by atoms with E-state index in [4.69, 9.17) is 14.2 Å². The molecule has 64 heavy (non-hydrogen) atoms. The number of benzene rings is 5. The van der Waals surface area contributed by atoms with Gasteiger partial charge in [0.1, 0.15) is 30.0 Å². The molecule has 3 aliphatic heterocycles.